The maximum atomic E-state index is 13.4. The minimum absolute atomic E-state index is 0.0954. The van der Waals surface area contributed by atoms with Crippen molar-refractivity contribution in [3.05, 3.63) is 34.6 Å². The number of likely N-dealkylation sites (N-methyl/N-ethyl adjacent to an activating group) is 1. The van der Waals surface area contributed by atoms with Crippen LogP contribution in [0.1, 0.15) is 12.0 Å². The SMILES string of the molecule is CN1CCN(CCC(=O)N/N=C/c2c(F)c(F)c(F)c(F)c2F)CC1. The van der Waals surface area contributed by atoms with E-state index in [4.69, 9.17) is 0 Å². The number of piperazine rings is 1. The molecular weight excluding hydrogens is 347 g/mol. The summed E-state index contributed by atoms with van der Waals surface area (Å²) in [5.41, 5.74) is 0.797. The van der Waals surface area contributed by atoms with Gasteiger partial charge in [0.25, 0.3) is 0 Å². The van der Waals surface area contributed by atoms with Crippen molar-refractivity contribution < 1.29 is 26.7 Å². The van der Waals surface area contributed by atoms with Crippen molar-refractivity contribution in [3.8, 4) is 0 Å². The topological polar surface area (TPSA) is 47.9 Å². The van der Waals surface area contributed by atoms with Gasteiger partial charge in [-0.25, -0.2) is 27.4 Å². The number of hydrazone groups is 1. The zero-order valence-corrected chi connectivity index (χ0v) is 13.5. The molecule has 2 rings (SSSR count). The van der Waals surface area contributed by atoms with Crippen molar-refractivity contribution in [1.29, 1.82) is 0 Å². The van der Waals surface area contributed by atoms with Gasteiger partial charge >= 0.3 is 0 Å². The Hall–Kier alpha value is -2.07. The van der Waals surface area contributed by atoms with Gasteiger partial charge in [-0.05, 0) is 7.05 Å². The van der Waals surface area contributed by atoms with Crippen molar-refractivity contribution in [1.82, 2.24) is 15.2 Å². The van der Waals surface area contributed by atoms with E-state index in [2.05, 4.69) is 14.9 Å². The minimum Gasteiger partial charge on any atom is -0.304 e. The van der Waals surface area contributed by atoms with Gasteiger partial charge in [0, 0.05) is 39.1 Å². The molecule has 138 valence electrons. The molecule has 1 aromatic rings. The largest absolute Gasteiger partial charge is 0.304 e. The predicted molar refractivity (Wildman–Crippen MR) is 80.5 cm³/mol. The average molecular weight is 364 g/mol. The van der Waals surface area contributed by atoms with E-state index in [0.717, 1.165) is 26.2 Å². The van der Waals surface area contributed by atoms with Crippen LogP contribution in [0.5, 0.6) is 0 Å². The minimum atomic E-state index is -2.25. The van der Waals surface area contributed by atoms with Crippen molar-refractivity contribution in [2.45, 2.75) is 6.42 Å². The zero-order valence-electron chi connectivity index (χ0n) is 13.5. The highest BCUT2D eigenvalue weighted by Gasteiger charge is 2.24. The monoisotopic (exact) mass is 364 g/mol. The van der Waals surface area contributed by atoms with Gasteiger partial charge in [-0.2, -0.15) is 5.10 Å². The lowest BCUT2D eigenvalue weighted by Gasteiger charge is -2.32. The number of amides is 1. The number of carbonyl (C=O) groups excluding carboxylic acids is 1. The summed E-state index contributed by atoms with van der Waals surface area (Å²) in [6.07, 6.45) is 0.488. The summed E-state index contributed by atoms with van der Waals surface area (Å²) in [7, 11) is 2.00. The summed E-state index contributed by atoms with van der Waals surface area (Å²) < 4.78 is 65.8. The summed E-state index contributed by atoms with van der Waals surface area (Å²) in [5.74, 6) is -10.9. The van der Waals surface area contributed by atoms with Crippen LogP contribution < -0.4 is 5.43 Å². The van der Waals surface area contributed by atoms with Crippen LogP contribution in [0.3, 0.4) is 0 Å². The van der Waals surface area contributed by atoms with E-state index in [1.54, 1.807) is 0 Å². The Bertz CT molecular complexity index is 645. The van der Waals surface area contributed by atoms with Crippen molar-refractivity contribution in [3.63, 3.8) is 0 Å². The average Bonchev–Trinajstić information content (AvgIpc) is 2.60. The lowest BCUT2D eigenvalue weighted by Crippen LogP contribution is -2.45. The third-order valence-corrected chi connectivity index (χ3v) is 3.88. The number of nitrogens with one attached hydrogen (secondary N) is 1. The highest BCUT2D eigenvalue weighted by Crippen LogP contribution is 2.21. The molecule has 0 radical (unpaired) electrons. The number of hydrogen-bond acceptors (Lipinski definition) is 4. The van der Waals surface area contributed by atoms with Gasteiger partial charge in [0.2, 0.25) is 11.7 Å². The highest BCUT2D eigenvalue weighted by molar-refractivity contribution is 5.83. The summed E-state index contributed by atoms with van der Waals surface area (Å²) in [6, 6.07) is 0. The zero-order chi connectivity index (χ0) is 18.6. The Labute approximate surface area is 141 Å². The van der Waals surface area contributed by atoms with Crippen molar-refractivity contribution in [2.75, 3.05) is 39.8 Å². The third-order valence-electron chi connectivity index (χ3n) is 3.88. The van der Waals surface area contributed by atoms with E-state index in [0.29, 0.717) is 12.8 Å². The first kappa shape index (κ1) is 19.3. The first-order chi connectivity index (χ1) is 11.8. The normalized spacial score (nSPS) is 16.6. The quantitative estimate of drug-likeness (QED) is 0.283. The third kappa shape index (κ3) is 4.73. The van der Waals surface area contributed by atoms with Gasteiger partial charge in [0.1, 0.15) is 0 Å². The van der Waals surface area contributed by atoms with E-state index in [-0.39, 0.29) is 6.42 Å². The maximum absolute atomic E-state index is 13.4. The second-order valence-corrected chi connectivity index (χ2v) is 5.67. The van der Waals surface area contributed by atoms with Crippen LogP contribution in [-0.2, 0) is 4.79 Å². The van der Waals surface area contributed by atoms with Crippen LogP contribution in [0.25, 0.3) is 0 Å². The fraction of sp³-hybridized carbons (Fsp3) is 0.467. The molecule has 0 unspecified atom stereocenters. The van der Waals surface area contributed by atoms with Crippen molar-refractivity contribution >= 4 is 12.1 Å². The van der Waals surface area contributed by atoms with E-state index in [9.17, 15) is 26.7 Å². The first-order valence-corrected chi connectivity index (χ1v) is 7.55. The smallest absolute Gasteiger partial charge is 0.241 e. The molecule has 0 bridgehead atoms. The maximum Gasteiger partial charge on any atom is 0.241 e. The van der Waals surface area contributed by atoms with Crippen LogP contribution in [-0.4, -0.2) is 61.7 Å². The molecule has 0 spiro atoms. The molecule has 0 aromatic heterocycles. The number of rotatable bonds is 5. The molecule has 1 fully saturated rings. The highest BCUT2D eigenvalue weighted by atomic mass is 19.2. The molecule has 1 heterocycles. The van der Waals surface area contributed by atoms with Gasteiger partial charge in [-0.3, -0.25) is 4.79 Å². The lowest BCUT2D eigenvalue weighted by atomic mass is 10.2. The number of hydrogen-bond donors (Lipinski definition) is 1. The number of carbonyl (C=O) groups is 1. The molecule has 1 aliphatic heterocycles. The fourth-order valence-corrected chi connectivity index (χ4v) is 2.29. The van der Waals surface area contributed by atoms with Crippen LogP contribution in [0.15, 0.2) is 5.10 Å². The molecule has 1 amide bonds. The predicted octanol–water partition coefficient (Wildman–Crippen LogP) is 1.47. The van der Waals surface area contributed by atoms with Crippen LogP contribution in [0.4, 0.5) is 22.0 Å². The van der Waals surface area contributed by atoms with Crippen LogP contribution in [0, 0.1) is 29.1 Å². The molecule has 1 aromatic carbocycles. The van der Waals surface area contributed by atoms with Crippen LogP contribution >= 0.6 is 0 Å². The van der Waals surface area contributed by atoms with Gasteiger partial charge in [0.05, 0.1) is 11.8 Å². The molecule has 1 aliphatic rings. The summed E-state index contributed by atoms with van der Waals surface area (Å²) in [4.78, 5) is 15.9. The Kier molecular flexibility index (Phi) is 6.43. The molecule has 5 nitrogen and oxygen atoms in total. The Balaban J connectivity index is 1.89. The van der Waals surface area contributed by atoms with E-state index in [1.807, 2.05) is 12.5 Å². The van der Waals surface area contributed by atoms with Gasteiger partial charge < -0.3 is 9.80 Å². The number of nitrogens with zero attached hydrogens (tertiary/aromatic N) is 3. The van der Waals surface area contributed by atoms with E-state index < -0.39 is 40.6 Å². The van der Waals surface area contributed by atoms with Gasteiger partial charge in [0.15, 0.2) is 23.3 Å². The molecule has 0 aliphatic carbocycles. The molecular formula is C15H17F5N4O. The molecule has 10 heteroatoms. The second kappa shape index (κ2) is 8.34. The molecule has 0 saturated carbocycles. The lowest BCUT2D eigenvalue weighted by molar-refractivity contribution is -0.121. The summed E-state index contributed by atoms with van der Waals surface area (Å²) >= 11 is 0. The molecule has 25 heavy (non-hydrogen) atoms. The van der Waals surface area contributed by atoms with Gasteiger partial charge in [-0.15, -0.1) is 0 Å². The second-order valence-electron chi connectivity index (χ2n) is 5.67. The summed E-state index contributed by atoms with van der Waals surface area (Å²) in [5, 5.41) is 3.26. The fourth-order valence-electron chi connectivity index (χ4n) is 2.29. The number of halogens is 5. The molecule has 1 saturated heterocycles. The van der Waals surface area contributed by atoms with E-state index in [1.165, 1.54) is 0 Å². The van der Waals surface area contributed by atoms with Crippen LogP contribution in [0.2, 0.25) is 0 Å². The number of benzene rings is 1. The standard InChI is InChI=1S/C15H17F5N4O/c1-23-4-6-24(7-5-23)3-2-10(25)22-21-8-9-11(16)13(18)15(20)14(19)12(9)17/h8H,2-7H2,1H3,(H,22,25)/b21-8+. The van der Waals surface area contributed by atoms with E-state index >= 15 is 0 Å². The van der Waals surface area contributed by atoms with Crippen molar-refractivity contribution in [2.24, 2.45) is 5.10 Å². The summed E-state index contributed by atoms with van der Waals surface area (Å²) in [6.45, 7) is 3.90. The molecule has 0 atom stereocenters. The first-order valence-electron chi connectivity index (χ1n) is 7.55. The molecule has 1 N–H and O–H groups in total. The Morgan fingerprint density at radius 1 is 1.00 bits per heavy atom. The Morgan fingerprint density at radius 2 is 1.52 bits per heavy atom. The van der Waals surface area contributed by atoms with Gasteiger partial charge in [-0.1, -0.05) is 0 Å². The Morgan fingerprint density at radius 3 is 2.08 bits per heavy atom.